The summed E-state index contributed by atoms with van der Waals surface area (Å²) in [6.45, 7) is 5.82. The Kier molecular flexibility index (Phi) is 5.58. The Bertz CT molecular complexity index is 1130. The summed E-state index contributed by atoms with van der Waals surface area (Å²) < 4.78 is 33.9. The number of ether oxygens (including phenoxy) is 1. The fourth-order valence-electron chi connectivity index (χ4n) is 2.79. The van der Waals surface area contributed by atoms with Gasteiger partial charge in [0.25, 0.3) is 10.0 Å². The third kappa shape index (κ3) is 3.95. The molecule has 5 nitrogen and oxygen atoms in total. The zero-order valence-corrected chi connectivity index (χ0v) is 17.7. The van der Waals surface area contributed by atoms with Crippen LogP contribution < -0.4 is 4.72 Å². The lowest BCUT2D eigenvalue weighted by molar-refractivity contribution is 0.0602. The van der Waals surface area contributed by atoms with Crippen molar-refractivity contribution in [2.24, 2.45) is 0 Å². The Morgan fingerprint density at radius 2 is 1.68 bits per heavy atom. The Hall–Kier alpha value is -2.64. The molecular formula is C21H21NO4S2. The van der Waals surface area contributed by atoms with Crippen LogP contribution in [0.1, 0.15) is 26.4 Å². The van der Waals surface area contributed by atoms with Gasteiger partial charge in [-0.3, -0.25) is 4.72 Å². The number of methoxy groups -OCH3 is 1. The van der Waals surface area contributed by atoms with Gasteiger partial charge in [-0.05, 0) is 49.6 Å². The lowest BCUT2D eigenvalue weighted by Crippen LogP contribution is -2.17. The van der Waals surface area contributed by atoms with Crippen LogP contribution in [0.3, 0.4) is 0 Å². The molecule has 1 heterocycles. The highest BCUT2D eigenvalue weighted by molar-refractivity contribution is 7.93. The quantitative estimate of drug-likeness (QED) is 0.600. The molecule has 3 rings (SSSR count). The minimum absolute atomic E-state index is 0.0504. The Morgan fingerprint density at radius 3 is 2.29 bits per heavy atom. The van der Waals surface area contributed by atoms with E-state index in [9.17, 15) is 13.2 Å². The van der Waals surface area contributed by atoms with Crippen LogP contribution in [0.25, 0.3) is 11.1 Å². The lowest BCUT2D eigenvalue weighted by atomic mass is 10.1. The van der Waals surface area contributed by atoms with Gasteiger partial charge in [-0.15, -0.1) is 11.3 Å². The molecule has 0 saturated heterocycles. The first-order valence-corrected chi connectivity index (χ1v) is 11.0. The number of anilines is 1. The molecule has 0 aliphatic carbocycles. The van der Waals surface area contributed by atoms with Crippen molar-refractivity contribution < 1.29 is 17.9 Å². The maximum absolute atomic E-state index is 13.2. The third-order valence-corrected chi connectivity index (χ3v) is 7.06. The van der Waals surface area contributed by atoms with Crippen LogP contribution in [0, 0.1) is 20.8 Å². The van der Waals surface area contributed by atoms with Crippen molar-refractivity contribution in [2.75, 3.05) is 11.8 Å². The minimum Gasteiger partial charge on any atom is -0.465 e. The standard InChI is InChI=1S/C21H21NO4S2/c1-13-5-8-16(9-6-13)18-12-27-19(21(23)26-4)20(18)28(24,25)22-17-10-7-14(2)15(3)11-17/h5-12,22H,1-4H3. The molecule has 0 radical (unpaired) electrons. The molecule has 146 valence electrons. The van der Waals surface area contributed by atoms with Crippen LogP contribution in [0.4, 0.5) is 5.69 Å². The molecular weight excluding hydrogens is 394 g/mol. The molecule has 0 spiro atoms. The van der Waals surface area contributed by atoms with Gasteiger partial charge in [0.1, 0.15) is 9.77 Å². The molecule has 0 fully saturated rings. The second-order valence-electron chi connectivity index (χ2n) is 6.57. The van der Waals surface area contributed by atoms with E-state index in [2.05, 4.69) is 4.72 Å². The van der Waals surface area contributed by atoms with E-state index < -0.39 is 16.0 Å². The average Bonchev–Trinajstić information content (AvgIpc) is 3.10. The van der Waals surface area contributed by atoms with Crippen LogP contribution in [-0.2, 0) is 14.8 Å². The Morgan fingerprint density at radius 1 is 1.00 bits per heavy atom. The summed E-state index contributed by atoms with van der Waals surface area (Å²) >= 11 is 1.06. The van der Waals surface area contributed by atoms with E-state index in [4.69, 9.17) is 4.74 Å². The molecule has 0 amide bonds. The van der Waals surface area contributed by atoms with Crippen molar-refractivity contribution >= 4 is 33.0 Å². The number of hydrogen-bond donors (Lipinski definition) is 1. The van der Waals surface area contributed by atoms with Gasteiger partial charge in [-0.1, -0.05) is 35.9 Å². The molecule has 3 aromatic rings. The molecule has 0 unspecified atom stereocenters. The topological polar surface area (TPSA) is 72.5 Å². The van der Waals surface area contributed by atoms with Gasteiger partial charge in [0.05, 0.1) is 7.11 Å². The normalized spacial score (nSPS) is 11.3. The van der Waals surface area contributed by atoms with E-state index in [-0.39, 0.29) is 9.77 Å². The largest absolute Gasteiger partial charge is 0.465 e. The Labute approximate surface area is 169 Å². The summed E-state index contributed by atoms with van der Waals surface area (Å²) in [7, 11) is -2.78. The number of esters is 1. The molecule has 0 aliphatic heterocycles. The molecule has 2 aromatic carbocycles. The number of hydrogen-bond acceptors (Lipinski definition) is 5. The SMILES string of the molecule is COC(=O)c1scc(-c2ccc(C)cc2)c1S(=O)(=O)Nc1ccc(C)c(C)c1. The van der Waals surface area contributed by atoms with Crippen molar-refractivity contribution in [3.63, 3.8) is 0 Å². The summed E-state index contributed by atoms with van der Waals surface area (Å²) in [5.41, 5.74) is 4.73. The van der Waals surface area contributed by atoms with Gasteiger partial charge in [0, 0.05) is 16.6 Å². The maximum Gasteiger partial charge on any atom is 0.349 e. The smallest absolute Gasteiger partial charge is 0.349 e. The fourth-order valence-corrected chi connectivity index (χ4v) is 5.56. The predicted molar refractivity (Wildman–Crippen MR) is 113 cm³/mol. The van der Waals surface area contributed by atoms with Crippen molar-refractivity contribution in [2.45, 2.75) is 25.7 Å². The van der Waals surface area contributed by atoms with E-state index in [0.717, 1.165) is 33.6 Å². The molecule has 0 aliphatic rings. The van der Waals surface area contributed by atoms with Crippen LogP contribution in [0.2, 0.25) is 0 Å². The third-order valence-electron chi connectivity index (χ3n) is 4.51. The second-order valence-corrected chi connectivity index (χ2v) is 9.07. The molecule has 0 saturated carbocycles. The summed E-state index contributed by atoms with van der Waals surface area (Å²) in [5, 5.41) is 1.67. The second kappa shape index (κ2) is 7.77. The number of carbonyl (C=O) groups is 1. The van der Waals surface area contributed by atoms with Gasteiger partial charge >= 0.3 is 5.97 Å². The lowest BCUT2D eigenvalue weighted by Gasteiger charge is -2.12. The van der Waals surface area contributed by atoms with Crippen LogP contribution in [-0.4, -0.2) is 21.5 Å². The summed E-state index contributed by atoms with van der Waals surface area (Å²) in [4.78, 5) is 12.2. The van der Waals surface area contributed by atoms with Crippen molar-refractivity contribution in [1.29, 1.82) is 0 Å². The van der Waals surface area contributed by atoms with Gasteiger partial charge < -0.3 is 4.74 Å². The van der Waals surface area contributed by atoms with Gasteiger partial charge in [0.15, 0.2) is 0 Å². The number of sulfonamides is 1. The predicted octanol–water partition coefficient (Wildman–Crippen LogP) is 4.93. The van der Waals surface area contributed by atoms with Crippen molar-refractivity contribution in [3.8, 4) is 11.1 Å². The number of thiophene rings is 1. The first kappa shape index (κ1) is 20.1. The van der Waals surface area contributed by atoms with Crippen molar-refractivity contribution in [3.05, 3.63) is 69.4 Å². The molecule has 0 atom stereocenters. The van der Waals surface area contributed by atoms with E-state index in [1.165, 1.54) is 7.11 Å². The van der Waals surface area contributed by atoms with E-state index in [1.54, 1.807) is 17.5 Å². The summed E-state index contributed by atoms with van der Waals surface area (Å²) in [6, 6.07) is 12.8. The number of rotatable bonds is 5. The molecule has 28 heavy (non-hydrogen) atoms. The van der Waals surface area contributed by atoms with Crippen LogP contribution in [0.5, 0.6) is 0 Å². The van der Waals surface area contributed by atoms with Crippen molar-refractivity contribution in [1.82, 2.24) is 0 Å². The Balaban J connectivity index is 2.14. The van der Waals surface area contributed by atoms with Crippen LogP contribution >= 0.6 is 11.3 Å². The number of benzene rings is 2. The van der Waals surface area contributed by atoms with Gasteiger partial charge in [0.2, 0.25) is 0 Å². The number of nitrogens with one attached hydrogen (secondary N) is 1. The number of aryl methyl sites for hydroxylation is 3. The van der Waals surface area contributed by atoms with Gasteiger partial charge in [-0.2, -0.15) is 0 Å². The van der Waals surface area contributed by atoms with Gasteiger partial charge in [-0.25, -0.2) is 13.2 Å². The summed E-state index contributed by atoms with van der Waals surface area (Å²) in [5.74, 6) is -0.677. The highest BCUT2D eigenvalue weighted by Crippen LogP contribution is 2.37. The van der Waals surface area contributed by atoms with E-state index in [1.807, 2.05) is 51.1 Å². The average molecular weight is 416 g/mol. The molecule has 1 N–H and O–H groups in total. The highest BCUT2D eigenvalue weighted by Gasteiger charge is 2.30. The fraction of sp³-hybridized carbons (Fsp3) is 0.190. The monoisotopic (exact) mass is 415 g/mol. The first-order chi connectivity index (χ1) is 13.2. The minimum atomic E-state index is -4.01. The zero-order valence-electron chi connectivity index (χ0n) is 16.1. The first-order valence-electron chi connectivity index (χ1n) is 8.60. The zero-order chi connectivity index (χ0) is 20.5. The molecule has 7 heteroatoms. The number of carbonyl (C=O) groups excluding carboxylic acids is 1. The maximum atomic E-state index is 13.2. The van der Waals surface area contributed by atoms with Crippen LogP contribution in [0.15, 0.2) is 52.7 Å². The van der Waals surface area contributed by atoms with E-state index in [0.29, 0.717) is 11.3 Å². The molecule has 1 aromatic heterocycles. The summed E-state index contributed by atoms with van der Waals surface area (Å²) in [6.07, 6.45) is 0. The highest BCUT2D eigenvalue weighted by atomic mass is 32.2. The van der Waals surface area contributed by atoms with E-state index >= 15 is 0 Å². The molecule has 0 bridgehead atoms.